The number of halogens is 1. The number of sulfone groups is 1. The highest BCUT2D eigenvalue weighted by atomic mass is 32.2. The fourth-order valence-electron chi connectivity index (χ4n) is 3.82. The summed E-state index contributed by atoms with van der Waals surface area (Å²) in [4.78, 5) is 19.0. The van der Waals surface area contributed by atoms with Crippen LogP contribution in [0.5, 0.6) is 5.75 Å². The molecule has 0 saturated heterocycles. The summed E-state index contributed by atoms with van der Waals surface area (Å²) in [5.41, 5.74) is 1.43. The van der Waals surface area contributed by atoms with Gasteiger partial charge < -0.3 is 14.2 Å². The number of nitrogens with zero attached hydrogens (tertiary/aromatic N) is 3. The normalized spacial score (nSPS) is 11.8. The number of aromatic nitrogens is 2. The number of imidazole rings is 1. The van der Waals surface area contributed by atoms with Gasteiger partial charge in [-0.2, -0.15) is 0 Å². The van der Waals surface area contributed by atoms with Gasteiger partial charge in [0.25, 0.3) is 5.91 Å². The third-order valence-electron chi connectivity index (χ3n) is 5.51. The topological polar surface area (TPSA) is 81.5 Å². The minimum atomic E-state index is -3.78. The molecule has 0 fully saturated rings. The van der Waals surface area contributed by atoms with Crippen molar-refractivity contribution in [2.75, 3.05) is 7.11 Å². The predicted molar refractivity (Wildman–Crippen MR) is 132 cm³/mol. The smallest absolute Gasteiger partial charge is 0.254 e. The number of ether oxygens (including phenoxy) is 1. The highest BCUT2D eigenvalue weighted by molar-refractivity contribution is 7.90. The van der Waals surface area contributed by atoms with Crippen molar-refractivity contribution in [2.24, 2.45) is 5.92 Å². The van der Waals surface area contributed by atoms with E-state index in [1.807, 2.05) is 27.7 Å². The summed E-state index contributed by atoms with van der Waals surface area (Å²) in [5, 5.41) is -0.0362. The average Bonchev–Trinajstić information content (AvgIpc) is 3.19. The summed E-state index contributed by atoms with van der Waals surface area (Å²) in [5.74, 6) is -0.338. The second-order valence-electron chi connectivity index (χ2n) is 9.18. The molecular weight excluding hydrogens is 469 g/mol. The standard InChI is InChI=1S/C26H32FN3O4S/c1-18(2)15-30-23(16-29(19(3)4)25(31)21-9-7-10-22(27)13-21)14-28-26(30)35(32,33)17-20-8-6-11-24(12-20)34-5/h6-14,18-19H,15-17H2,1-5H3. The molecule has 0 saturated carbocycles. The number of hydrogen-bond acceptors (Lipinski definition) is 5. The van der Waals surface area contributed by atoms with Crippen LogP contribution >= 0.6 is 0 Å². The first-order chi connectivity index (χ1) is 16.5. The van der Waals surface area contributed by atoms with E-state index in [1.54, 1.807) is 39.8 Å². The molecule has 0 radical (unpaired) electrons. The third-order valence-corrected chi connectivity index (χ3v) is 7.10. The van der Waals surface area contributed by atoms with Crippen molar-refractivity contribution >= 4 is 15.7 Å². The lowest BCUT2D eigenvalue weighted by Gasteiger charge is -2.27. The molecule has 0 bridgehead atoms. The molecule has 1 heterocycles. The Bertz CT molecular complexity index is 1290. The van der Waals surface area contributed by atoms with E-state index < -0.39 is 15.7 Å². The Morgan fingerprint density at radius 3 is 2.46 bits per heavy atom. The van der Waals surface area contributed by atoms with E-state index in [0.29, 0.717) is 23.6 Å². The molecule has 1 amide bonds. The Hall–Kier alpha value is -3.20. The third kappa shape index (κ3) is 6.48. The first-order valence-electron chi connectivity index (χ1n) is 11.5. The molecule has 0 aliphatic rings. The Morgan fingerprint density at radius 1 is 1.11 bits per heavy atom. The Kier molecular flexibility index (Phi) is 8.32. The predicted octanol–water partition coefficient (Wildman–Crippen LogP) is 4.71. The molecule has 0 aliphatic carbocycles. The van der Waals surface area contributed by atoms with Crippen LogP contribution in [-0.4, -0.2) is 41.9 Å². The highest BCUT2D eigenvalue weighted by Crippen LogP contribution is 2.23. The maximum Gasteiger partial charge on any atom is 0.254 e. The van der Waals surface area contributed by atoms with Crippen molar-refractivity contribution in [3.8, 4) is 5.75 Å². The fourth-order valence-corrected chi connectivity index (χ4v) is 5.31. The lowest BCUT2D eigenvalue weighted by atomic mass is 10.1. The van der Waals surface area contributed by atoms with Gasteiger partial charge in [0.2, 0.25) is 15.0 Å². The van der Waals surface area contributed by atoms with Crippen LogP contribution in [-0.2, 0) is 28.7 Å². The maximum atomic E-state index is 13.7. The van der Waals surface area contributed by atoms with Crippen LogP contribution in [0.4, 0.5) is 4.39 Å². The monoisotopic (exact) mass is 501 g/mol. The van der Waals surface area contributed by atoms with Crippen molar-refractivity contribution in [2.45, 2.75) is 57.7 Å². The van der Waals surface area contributed by atoms with E-state index in [1.165, 1.54) is 31.5 Å². The zero-order chi connectivity index (χ0) is 25.8. The number of hydrogen-bond donors (Lipinski definition) is 0. The molecule has 7 nitrogen and oxygen atoms in total. The van der Waals surface area contributed by atoms with Gasteiger partial charge in [0, 0.05) is 18.2 Å². The maximum absolute atomic E-state index is 13.7. The fraction of sp³-hybridized carbons (Fsp3) is 0.385. The van der Waals surface area contributed by atoms with Gasteiger partial charge in [-0.05, 0) is 55.7 Å². The van der Waals surface area contributed by atoms with Crippen LogP contribution in [0, 0.1) is 11.7 Å². The van der Waals surface area contributed by atoms with Crippen molar-refractivity contribution in [1.29, 1.82) is 0 Å². The van der Waals surface area contributed by atoms with Crippen molar-refractivity contribution < 1.29 is 22.3 Å². The second kappa shape index (κ2) is 11.0. The van der Waals surface area contributed by atoms with Crippen LogP contribution in [0.2, 0.25) is 0 Å². The molecule has 0 N–H and O–H groups in total. The van der Waals surface area contributed by atoms with Gasteiger partial charge in [-0.25, -0.2) is 17.8 Å². The van der Waals surface area contributed by atoms with Crippen LogP contribution in [0.3, 0.4) is 0 Å². The number of rotatable bonds is 10. The van der Waals surface area contributed by atoms with Gasteiger partial charge >= 0.3 is 0 Å². The Morgan fingerprint density at radius 2 is 1.83 bits per heavy atom. The van der Waals surface area contributed by atoms with Gasteiger partial charge in [0.05, 0.1) is 31.3 Å². The molecule has 2 aromatic carbocycles. The minimum Gasteiger partial charge on any atom is -0.497 e. The minimum absolute atomic E-state index is 0.0362. The van der Waals surface area contributed by atoms with Gasteiger partial charge in [-0.15, -0.1) is 0 Å². The number of carbonyl (C=O) groups excluding carboxylic acids is 1. The van der Waals surface area contributed by atoms with E-state index in [0.717, 1.165) is 0 Å². The molecule has 0 aliphatic heterocycles. The van der Waals surface area contributed by atoms with E-state index >= 15 is 0 Å². The van der Waals surface area contributed by atoms with E-state index in [-0.39, 0.29) is 40.9 Å². The van der Waals surface area contributed by atoms with Crippen molar-refractivity contribution in [3.63, 3.8) is 0 Å². The summed E-state index contributed by atoms with van der Waals surface area (Å²) >= 11 is 0. The van der Waals surface area contributed by atoms with E-state index in [9.17, 15) is 17.6 Å². The Balaban J connectivity index is 1.96. The number of benzene rings is 2. The average molecular weight is 502 g/mol. The van der Waals surface area contributed by atoms with Crippen molar-refractivity contribution in [3.05, 3.63) is 77.4 Å². The molecule has 0 unspecified atom stereocenters. The quantitative estimate of drug-likeness (QED) is 0.402. The van der Waals surface area contributed by atoms with Crippen LogP contribution in [0.25, 0.3) is 0 Å². The molecule has 35 heavy (non-hydrogen) atoms. The highest BCUT2D eigenvalue weighted by Gasteiger charge is 2.27. The summed E-state index contributed by atoms with van der Waals surface area (Å²) < 4.78 is 47.4. The molecule has 3 rings (SSSR count). The lowest BCUT2D eigenvalue weighted by Crippen LogP contribution is -2.37. The van der Waals surface area contributed by atoms with Crippen LogP contribution < -0.4 is 4.74 Å². The molecule has 0 atom stereocenters. The molecule has 188 valence electrons. The first kappa shape index (κ1) is 26.4. The molecule has 3 aromatic rings. The van der Waals surface area contributed by atoms with E-state index in [4.69, 9.17) is 4.74 Å². The van der Waals surface area contributed by atoms with Gasteiger partial charge in [0.15, 0.2) is 0 Å². The van der Waals surface area contributed by atoms with Gasteiger partial charge in [-0.1, -0.05) is 32.0 Å². The molecule has 0 spiro atoms. The summed E-state index contributed by atoms with van der Waals surface area (Å²) in [6.45, 7) is 8.26. The first-order valence-corrected chi connectivity index (χ1v) is 13.1. The zero-order valence-corrected chi connectivity index (χ0v) is 21.5. The lowest BCUT2D eigenvalue weighted by molar-refractivity contribution is 0.0684. The van der Waals surface area contributed by atoms with Crippen LogP contribution in [0.1, 0.15) is 49.3 Å². The zero-order valence-electron chi connectivity index (χ0n) is 20.7. The van der Waals surface area contributed by atoms with Gasteiger partial charge in [0.1, 0.15) is 11.6 Å². The summed E-state index contributed by atoms with van der Waals surface area (Å²) in [7, 11) is -2.26. The van der Waals surface area contributed by atoms with E-state index in [2.05, 4.69) is 4.98 Å². The second-order valence-corrected chi connectivity index (χ2v) is 11.1. The SMILES string of the molecule is COc1cccc(CS(=O)(=O)c2ncc(CN(C(=O)c3cccc(F)c3)C(C)C)n2CC(C)C)c1. The number of amides is 1. The molecule has 1 aromatic heterocycles. The van der Waals surface area contributed by atoms with Gasteiger partial charge in [-0.3, -0.25) is 4.79 Å². The number of carbonyl (C=O) groups is 1. The van der Waals surface area contributed by atoms with Crippen molar-refractivity contribution in [1.82, 2.24) is 14.5 Å². The largest absolute Gasteiger partial charge is 0.497 e. The number of methoxy groups -OCH3 is 1. The Labute approximate surface area is 206 Å². The van der Waals surface area contributed by atoms with Crippen LogP contribution in [0.15, 0.2) is 59.9 Å². The summed E-state index contributed by atoms with van der Waals surface area (Å²) in [6, 6.07) is 12.3. The molecular formula is C26H32FN3O4S. The molecule has 9 heteroatoms. The summed E-state index contributed by atoms with van der Waals surface area (Å²) in [6.07, 6.45) is 1.51.